The highest BCUT2D eigenvalue weighted by Crippen LogP contribution is 2.28. The molecule has 0 aliphatic heterocycles. The van der Waals surface area contributed by atoms with Gasteiger partial charge in [0, 0.05) is 11.6 Å². The highest BCUT2D eigenvalue weighted by atomic mass is 35.5. The van der Waals surface area contributed by atoms with Crippen LogP contribution in [0.3, 0.4) is 0 Å². The van der Waals surface area contributed by atoms with E-state index in [0.717, 1.165) is 16.9 Å². The van der Waals surface area contributed by atoms with Crippen molar-refractivity contribution >= 4 is 11.6 Å². The Morgan fingerprint density at radius 2 is 1.82 bits per heavy atom. The Morgan fingerprint density at radius 1 is 1.05 bits per heavy atom. The molecule has 0 atom stereocenters. The minimum absolute atomic E-state index is 0.369. The lowest BCUT2D eigenvalue weighted by atomic mass is 10.0. The zero-order chi connectivity index (χ0) is 15.7. The molecule has 0 amide bonds. The maximum absolute atomic E-state index is 9.18. The van der Waals surface area contributed by atoms with Gasteiger partial charge in [-0.05, 0) is 43.2 Å². The minimum Gasteiger partial charge on any atom is -0.230 e. The molecule has 0 spiro atoms. The SMILES string of the molecule is Cc1ccc(-c2cc(C#N)nn2-c2ccccc2Cl)cc1C. The van der Waals surface area contributed by atoms with Gasteiger partial charge in [-0.1, -0.05) is 35.9 Å². The van der Waals surface area contributed by atoms with Crippen molar-refractivity contribution in [2.75, 3.05) is 0 Å². The number of hydrogen-bond donors (Lipinski definition) is 0. The van der Waals surface area contributed by atoms with Gasteiger partial charge >= 0.3 is 0 Å². The predicted molar refractivity (Wildman–Crippen MR) is 88.2 cm³/mol. The zero-order valence-corrected chi connectivity index (χ0v) is 13.1. The lowest BCUT2D eigenvalue weighted by molar-refractivity contribution is 0.880. The third kappa shape index (κ3) is 2.49. The van der Waals surface area contributed by atoms with E-state index >= 15 is 0 Å². The molecule has 108 valence electrons. The number of para-hydroxylation sites is 1. The van der Waals surface area contributed by atoms with Crippen molar-refractivity contribution in [1.29, 1.82) is 5.26 Å². The topological polar surface area (TPSA) is 41.6 Å². The quantitative estimate of drug-likeness (QED) is 0.689. The minimum atomic E-state index is 0.369. The smallest absolute Gasteiger partial charge is 0.163 e. The molecule has 0 unspecified atom stereocenters. The first kappa shape index (κ1) is 14.4. The number of benzene rings is 2. The molecule has 22 heavy (non-hydrogen) atoms. The molecule has 3 rings (SSSR count). The number of aryl methyl sites for hydroxylation is 2. The molecule has 0 saturated heterocycles. The first-order chi connectivity index (χ1) is 10.6. The summed E-state index contributed by atoms with van der Waals surface area (Å²) in [6, 6.07) is 17.6. The van der Waals surface area contributed by atoms with Gasteiger partial charge in [-0.2, -0.15) is 10.4 Å². The van der Waals surface area contributed by atoms with Crippen molar-refractivity contribution in [3.63, 3.8) is 0 Å². The number of nitriles is 1. The Kier molecular flexibility index (Phi) is 3.70. The molecule has 3 aromatic rings. The Labute approximate surface area is 134 Å². The first-order valence-electron chi connectivity index (χ1n) is 6.93. The van der Waals surface area contributed by atoms with Crippen LogP contribution in [-0.2, 0) is 0 Å². The molecule has 1 heterocycles. The first-order valence-corrected chi connectivity index (χ1v) is 7.30. The van der Waals surface area contributed by atoms with Crippen molar-refractivity contribution in [1.82, 2.24) is 9.78 Å². The largest absolute Gasteiger partial charge is 0.230 e. The molecule has 0 aliphatic carbocycles. The number of rotatable bonds is 2. The van der Waals surface area contributed by atoms with Crippen LogP contribution in [0.25, 0.3) is 16.9 Å². The summed E-state index contributed by atoms with van der Waals surface area (Å²) in [6.07, 6.45) is 0. The van der Waals surface area contributed by atoms with Crippen LogP contribution in [-0.4, -0.2) is 9.78 Å². The second kappa shape index (κ2) is 5.67. The summed E-state index contributed by atoms with van der Waals surface area (Å²) in [5.41, 5.74) is 5.42. The van der Waals surface area contributed by atoms with E-state index in [-0.39, 0.29) is 0 Å². The normalized spacial score (nSPS) is 10.5. The fourth-order valence-electron chi connectivity index (χ4n) is 2.35. The summed E-state index contributed by atoms with van der Waals surface area (Å²) in [4.78, 5) is 0. The molecule has 3 nitrogen and oxygen atoms in total. The van der Waals surface area contributed by atoms with E-state index in [0.29, 0.717) is 10.7 Å². The third-order valence-electron chi connectivity index (χ3n) is 3.71. The molecule has 2 aromatic carbocycles. The molecule has 1 aromatic heterocycles. The van der Waals surface area contributed by atoms with Gasteiger partial charge in [0.1, 0.15) is 6.07 Å². The average Bonchev–Trinajstić information content (AvgIpc) is 2.94. The molecule has 0 N–H and O–H groups in total. The number of halogens is 1. The second-order valence-corrected chi connectivity index (χ2v) is 5.60. The summed E-state index contributed by atoms with van der Waals surface area (Å²) in [6.45, 7) is 4.14. The van der Waals surface area contributed by atoms with Crippen molar-refractivity contribution in [3.05, 3.63) is 70.4 Å². The van der Waals surface area contributed by atoms with Crippen molar-refractivity contribution < 1.29 is 0 Å². The van der Waals surface area contributed by atoms with Gasteiger partial charge in [0.15, 0.2) is 5.69 Å². The molecule has 0 saturated carbocycles. The molecule has 0 radical (unpaired) electrons. The highest BCUT2D eigenvalue weighted by molar-refractivity contribution is 6.32. The predicted octanol–water partition coefficient (Wildman–Crippen LogP) is 4.68. The Hall–Kier alpha value is -2.57. The number of hydrogen-bond acceptors (Lipinski definition) is 2. The fourth-order valence-corrected chi connectivity index (χ4v) is 2.57. The van der Waals surface area contributed by atoms with Gasteiger partial charge in [-0.25, -0.2) is 4.68 Å². The summed E-state index contributed by atoms with van der Waals surface area (Å²) < 4.78 is 1.73. The highest BCUT2D eigenvalue weighted by Gasteiger charge is 2.14. The maximum atomic E-state index is 9.18. The van der Waals surface area contributed by atoms with Gasteiger partial charge in [0.05, 0.1) is 16.4 Å². The summed E-state index contributed by atoms with van der Waals surface area (Å²) in [5, 5.41) is 14.1. The van der Waals surface area contributed by atoms with Gasteiger partial charge in [0.2, 0.25) is 0 Å². The molecule has 0 fully saturated rings. The van der Waals surface area contributed by atoms with Gasteiger partial charge in [0.25, 0.3) is 0 Å². The van der Waals surface area contributed by atoms with Crippen LogP contribution in [0.4, 0.5) is 0 Å². The summed E-state index contributed by atoms with van der Waals surface area (Å²) in [5.74, 6) is 0. The van der Waals surface area contributed by atoms with Crippen LogP contribution in [0.2, 0.25) is 5.02 Å². The fraction of sp³-hybridized carbons (Fsp3) is 0.111. The van der Waals surface area contributed by atoms with E-state index in [2.05, 4.69) is 37.1 Å². The zero-order valence-electron chi connectivity index (χ0n) is 12.3. The number of aromatic nitrogens is 2. The lowest BCUT2D eigenvalue weighted by Crippen LogP contribution is -2.00. The van der Waals surface area contributed by atoms with Crippen LogP contribution in [0, 0.1) is 25.2 Å². The summed E-state index contributed by atoms with van der Waals surface area (Å²) in [7, 11) is 0. The van der Waals surface area contributed by atoms with E-state index < -0.39 is 0 Å². The van der Waals surface area contributed by atoms with Crippen LogP contribution in [0.1, 0.15) is 16.8 Å². The standard InChI is InChI=1S/C18H14ClN3/c1-12-7-8-14(9-13(12)2)18-10-15(11-20)21-22(18)17-6-4-3-5-16(17)19/h3-10H,1-2H3. The number of nitrogens with zero attached hydrogens (tertiary/aromatic N) is 3. The molecule has 0 aliphatic rings. The molecule has 4 heteroatoms. The maximum Gasteiger partial charge on any atom is 0.163 e. The lowest BCUT2D eigenvalue weighted by Gasteiger charge is -2.10. The van der Waals surface area contributed by atoms with Gasteiger partial charge in [-0.3, -0.25) is 0 Å². The molecule has 0 bridgehead atoms. The van der Waals surface area contributed by atoms with E-state index in [4.69, 9.17) is 11.6 Å². The van der Waals surface area contributed by atoms with Crippen molar-refractivity contribution in [2.24, 2.45) is 0 Å². The van der Waals surface area contributed by atoms with Crippen LogP contribution in [0.5, 0.6) is 0 Å². The van der Waals surface area contributed by atoms with Crippen LogP contribution in [0.15, 0.2) is 48.5 Å². The van der Waals surface area contributed by atoms with E-state index in [1.807, 2.05) is 30.3 Å². The van der Waals surface area contributed by atoms with Crippen molar-refractivity contribution in [3.8, 4) is 23.0 Å². The molecular weight excluding hydrogens is 294 g/mol. The Morgan fingerprint density at radius 3 is 2.50 bits per heavy atom. The van der Waals surface area contributed by atoms with Crippen LogP contribution >= 0.6 is 11.6 Å². The Bertz CT molecular complexity index is 888. The van der Waals surface area contributed by atoms with Crippen molar-refractivity contribution in [2.45, 2.75) is 13.8 Å². The monoisotopic (exact) mass is 307 g/mol. The van der Waals surface area contributed by atoms with E-state index in [1.165, 1.54) is 11.1 Å². The van der Waals surface area contributed by atoms with Gasteiger partial charge in [-0.15, -0.1) is 0 Å². The summed E-state index contributed by atoms with van der Waals surface area (Å²) >= 11 is 6.28. The Balaban J connectivity index is 2.24. The van der Waals surface area contributed by atoms with Gasteiger partial charge < -0.3 is 0 Å². The third-order valence-corrected chi connectivity index (χ3v) is 4.03. The molecular formula is C18H14ClN3. The van der Waals surface area contributed by atoms with E-state index in [1.54, 1.807) is 10.7 Å². The second-order valence-electron chi connectivity index (χ2n) is 5.19. The van der Waals surface area contributed by atoms with Crippen LogP contribution < -0.4 is 0 Å². The van der Waals surface area contributed by atoms with E-state index in [9.17, 15) is 5.26 Å². The average molecular weight is 308 g/mol.